The van der Waals surface area contributed by atoms with Gasteiger partial charge in [-0.05, 0) is 73.2 Å². The van der Waals surface area contributed by atoms with Gasteiger partial charge in [0.2, 0.25) is 5.91 Å². The maximum absolute atomic E-state index is 14.0. The Morgan fingerprint density at radius 3 is 2.64 bits per heavy atom. The van der Waals surface area contributed by atoms with E-state index in [1.165, 1.54) is 18.2 Å². The number of carboxylic acids is 1. The van der Waals surface area contributed by atoms with Gasteiger partial charge in [-0.3, -0.25) is 9.78 Å². The largest absolute Gasteiger partial charge is 0.478 e. The summed E-state index contributed by atoms with van der Waals surface area (Å²) in [6, 6.07) is 19.4. The van der Waals surface area contributed by atoms with Crippen LogP contribution in [0, 0.1) is 12.7 Å². The van der Waals surface area contributed by atoms with Gasteiger partial charge in [0.1, 0.15) is 23.4 Å². The van der Waals surface area contributed by atoms with E-state index in [-0.39, 0.29) is 36.2 Å². The number of rotatable bonds is 8. The summed E-state index contributed by atoms with van der Waals surface area (Å²) in [5.74, 6) is -0.675. The highest BCUT2D eigenvalue weighted by molar-refractivity contribution is 7.80. The summed E-state index contributed by atoms with van der Waals surface area (Å²) in [6.07, 6.45) is 1.76. The first-order valence-corrected chi connectivity index (χ1v) is 12.7. The molecule has 198 valence electrons. The van der Waals surface area contributed by atoms with Crippen LogP contribution in [0.3, 0.4) is 0 Å². The predicted octanol–water partition coefficient (Wildman–Crippen LogP) is 5.49. The molecule has 2 aromatic carbocycles. The summed E-state index contributed by atoms with van der Waals surface area (Å²) in [5.41, 5.74) is 2.60. The number of carboxylic acid groups (broad SMARTS) is 1. The van der Waals surface area contributed by atoms with Crippen LogP contribution in [0.25, 0.3) is 11.3 Å². The summed E-state index contributed by atoms with van der Waals surface area (Å²) in [4.78, 5) is 30.4. The fourth-order valence-electron chi connectivity index (χ4n) is 4.68. The number of carbonyl (C=O) groups is 2. The third-order valence-corrected chi connectivity index (χ3v) is 6.93. The van der Waals surface area contributed by atoms with Gasteiger partial charge in [-0.25, -0.2) is 9.18 Å². The van der Waals surface area contributed by atoms with Crippen molar-refractivity contribution in [3.8, 4) is 11.3 Å². The van der Waals surface area contributed by atoms with Gasteiger partial charge in [0.25, 0.3) is 0 Å². The van der Waals surface area contributed by atoms with Gasteiger partial charge in [-0.1, -0.05) is 24.3 Å². The Labute approximate surface area is 229 Å². The molecule has 1 saturated heterocycles. The van der Waals surface area contributed by atoms with Gasteiger partial charge in [-0.15, -0.1) is 0 Å². The van der Waals surface area contributed by atoms with Gasteiger partial charge in [0.15, 0.2) is 5.11 Å². The molecule has 0 bridgehead atoms. The maximum Gasteiger partial charge on any atom is 0.335 e. The molecule has 4 aromatic rings. The van der Waals surface area contributed by atoms with Crippen molar-refractivity contribution in [1.82, 2.24) is 15.2 Å². The Bertz CT molecular complexity index is 1540. The first-order valence-electron chi connectivity index (χ1n) is 12.3. The van der Waals surface area contributed by atoms with Crippen molar-refractivity contribution >= 4 is 34.9 Å². The molecule has 1 fully saturated rings. The number of furan rings is 1. The molecule has 0 unspecified atom stereocenters. The second kappa shape index (κ2) is 11.0. The molecule has 1 aliphatic heterocycles. The Morgan fingerprint density at radius 1 is 1.13 bits per heavy atom. The second-order valence-electron chi connectivity index (χ2n) is 9.13. The zero-order valence-corrected chi connectivity index (χ0v) is 21.7. The molecule has 1 aliphatic rings. The minimum Gasteiger partial charge on any atom is -0.478 e. The first kappa shape index (κ1) is 26.1. The number of thiocarbonyl (C=S) groups is 1. The quantitative estimate of drug-likeness (QED) is 0.250. The highest BCUT2D eigenvalue weighted by atomic mass is 32.1. The molecular weight excluding hydrogens is 519 g/mol. The van der Waals surface area contributed by atoms with Crippen LogP contribution in [0.15, 0.2) is 83.4 Å². The van der Waals surface area contributed by atoms with Crippen molar-refractivity contribution in [2.45, 2.75) is 25.4 Å². The van der Waals surface area contributed by atoms with Crippen molar-refractivity contribution in [3.05, 3.63) is 107 Å². The summed E-state index contributed by atoms with van der Waals surface area (Å²) >= 11 is 5.65. The lowest BCUT2D eigenvalue weighted by Gasteiger charge is -2.26. The number of nitrogens with zero attached hydrogens (tertiary/aromatic N) is 2. The van der Waals surface area contributed by atoms with Gasteiger partial charge in [0, 0.05) is 24.7 Å². The molecule has 3 N–H and O–H groups in total. The van der Waals surface area contributed by atoms with E-state index in [2.05, 4.69) is 15.6 Å². The zero-order chi connectivity index (χ0) is 27.5. The van der Waals surface area contributed by atoms with Crippen LogP contribution in [0.1, 0.15) is 45.9 Å². The lowest BCUT2D eigenvalue weighted by molar-refractivity contribution is -0.116. The third-order valence-electron chi connectivity index (χ3n) is 6.58. The molecule has 0 radical (unpaired) electrons. The van der Waals surface area contributed by atoms with Crippen LogP contribution in [-0.2, 0) is 4.79 Å². The van der Waals surface area contributed by atoms with E-state index in [4.69, 9.17) is 16.6 Å². The Balaban J connectivity index is 1.42. The molecule has 10 heteroatoms. The number of carbonyl (C=O) groups excluding carboxylic acids is 1. The van der Waals surface area contributed by atoms with Crippen LogP contribution >= 0.6 is 12.2 Å². The molecule has 1 amide bonds. The van der Waals surface area contributed by atoms with E-state index in [1.807, 2.05) is 42.2 Å². The Hall–Kier alpha value is -4.57. The van der Waals surface area contributed by atoms with Gasteiger partial charge in [-0.2, -0.15) is 0 Å². The number of hydrogen-bond donors (Lipinski definition) is 3. The van der Waals surface area contributed by atoms with Crippen molar-refractivity contribution in [1.29, 1.82) is 0 Å². The van der Waals surface area contributed by atoms with Crippen molar-refractivity contribution in [2.75, 3.05) is 11.9 Å². The van der Waals surface area contributed by atoms with Crippen LogP contribution in [0.2, 0.25) is 0 Å². The number of aryl methyl sites for hydroxylation is 1. The number of anilines is 1. The average molecular weight is 545 g/mol. The molecule has 2 aromatic heterocycles. The van der Waals surface area contributed by atoms with Crippen LogP contribution in [0.4, 0.5) is 10.1 Å². The van der Waals surface area contributed by atoms with Crippen LogP contribution < -0.4 is 10.6 Å². The number of nitrogens with one attached hydrogen (secondary N) is 2. The topological polar surface area (TPSA) is 108 Å². The Morgan fingerprint density at radius 2 is 1.92 bits per heavy atom. The fraction of sp³-hybridized carbons (Fsp3) is 0.172. The highest BCUT2D eigenvalue weighted by Gasteiger charge is 2.41. The smallest absolute Gasteiger partial charge is 0.335 e. The molecule has 8 nitrogen and oxygen atoms in total. The monoisotopic (exact) mass is 544 g/mol. The lowest BCUT2D eigenvalue weighted by atomic mass is 10.0. The van der Waals surface area contributed by atoms with Crippen molar-refractivity contribution in [2.24, 2.45) is 0 Å². The standard InChI is InChI=1S/C29H25FN4O4S/c1-17-16-18(28(36)37)9-10-19(17)23-11-12-24(38-23)27-26(22-8-4-5-14-31-22)33-29(39)34(27)15-13-25(35)32-21-7-3-2-6-20(21)30/h2-12,14,16,26-27H,13,15H2,1H3,(H,32,35)(H,33,39)(H,36,37)/t26-,27-/m1/s1. The average Bonchev–Trinajstić information content (AvgIpc) is 3.53. The van der Waals surface area contributed by atoms with E-state index < -0.39 is 17.8 Å². The summed E-state index contributed by atoms with van der Waals surface area (Å²) in [6.45, 7) is 2.08. The number of benzene rings is 2. The number of aromatic carboxylic acids is 1. The lowest BCUT2D eigenvalue weighted by Crippen LogP contribution is -2.32. The number of halogens is 1. The third kappa shape index (κ3) is 5.51. The minimum atomic E-state index is -0.997. The van der Waals surface area contributed by atoms with Crippen LogP contribution in [0.5, 0.6) is 0 Å². The molecule has 2 atom stereocenters. The zero-order valence-electron chi connectivity index (χ0n) is 20.9. The number of para-hydroxylation sites is 1. The maximum atomic E-state index is 14.0. The molecule has 39 heavy (non-hydrogen) atoms. The molecule has 5 rings (SSSR count). The number of pyridine rings is 1. The fourth-order valence-corrected chi connectivity index (χ4v) is 5.01. The molecule has 3 heterocycles. The number of amides is 1. The van der Waals surface area contributed by atoms with Crippen molar-refractivity contribution < 1.29 is 23.5 Å². The van der Waals surface area contributed by atoms with E-state index in [0.717, 1.165) is 16.8 Å². The Kier molecular flexibility index (Phi) is 7.38. The highest BCUT2D eigenvalue weighted by Crippen LogP contribution is 2.41. The van der Waals surface area contributed by atoms with Crippen LogP contribution in [-0.4, -0.2) is 38.5 Å². The van der Waals surface area contributed by atoms with Gasteiger partial charge < -0.3 is 25.1 Å². The number of aromatic nitrogens is 1. The summed E-state index contributed by atoms with van der Waals surface area (Å²) in [5, 5.41) is 15.7. The van der Waals surface area contributed by atoms with E-state index in [0.29, 0.717) is 16.6 Å². The van der Waals surface area contributed by atoms with E-state index >= 15 is 0 Å². The predicted molar refractivity (Wildman–Crippen MR) is 148 cm³/mol. The SMILES string of the molecule is Cc1cc(C(=O)O)ccc1-c1ccc([C@@H]2[C@@H](c3ccccn3)NC(=S)N2CCC(=O)Nc2ccccc2F)o1. The molecule has 0 saturated carbocycles. The molecular formula is C29H25FN4O4S. The van der Waals surface area contributed by atoms with Gasteiger partial charge >= 0.3 is 5.97 Å². The van der Waals surface area contributed by atoms with Gasteiger partial charge in [0.05, 0.1) is 23.0 Å². The first-order chi connectivity index (χ1) is 18.8. The second-order valence-corrected chi connectivity index (χ2v) is 9.52. The van der Waals surface area contributed by atoms with E-state index in [1.54, 1.807) is 30.5 Å². The normalized spacial score (nSPS) is 16.7. The van der Waals surface area contributed by atoms with Crippen molar-refractivity contribution in [3.63, 3.8) is 0 Å². The summed E-state index contributed by atoms with van der Waals surface area (Å²) in [7, 11) is 0. The summed E-state index contributed by atoms with van der Waals surface area (Å²) < 4.78 is 20.3. The molecule has 0 spiro atoms. The number of hydrogen-bond acceptors (Lipinski definition) is 5. The van der Waals surface area contributed by atoms with E-state index in [9.17, 15) is 19.1 Å². The minimum absolute atomic E-state index is 0.0604. The molecule has 0 aliphatic carbocycles.